The van der Waals surface area contributed by atoms with Crippen LogP contribution in [-0.2, 0) is 13.1 Å². The number of anilines is 2. The van der Waals surface area contributed by atoms with Gasteiger partial charge < -0.3 is 15.1 Å². The number of rotatable bonds is 7. The molecule has 0 bridgehead atoms. The molecule has 7 heteroatoms. The SMILES string of the molecule is Cc1ccccc1CNCc1cccn1-c1nnc(N2CCN(c3ccccc3)CC2)s1. The summed E-state index contributed by atoms with van der Waals surface area (Å²) in [6, 6.07) is 23.3. The summed E-state index contributed by atoms with van der Waals surface area (Å²) in [7, 11) is 0. The summed E-state index contributed by atoms with van der Waals surface area (Å²) in [5, 5.41) is 14.5. The minimum absolute atomic E-state index is 0.784. The van der Waals surface area contributed by atoms with Gasteiger partial charge in [-0.2, -0.15) is 0 Å². The van der Waals surface area contributed by atoms with Crippen LogP contribution in [0.2, 0.25) is 0 Å². The number of aromatic nitrogens is 3. The Balaban J connectivity index is 1.20. The number of hydrogen-bond donors (Lipinski definition) is 1. The predicted molar refractivity (Wildman–Crippen MR) is 132 cm³/mol. The second kappa shape index (κ2) is 9.54. The summed E-state index contributed by atoms with van der Waals surface area (Å²) in [6.07, 6.45) is 2.07. The summed E-state index contributed by atoms with van der Waals surface area (Å²) in [5.74, 6) is 0. The highest BCUT2D eigenvalue weighted by Gasteiger charge is 2.21. The van der Waals surface area contributed by atoms with Crippen LogP contribution < -0.4 is 15.1 Å². The van der Waals surface area contributed by atoms with Crippen molar-refractivity contribution in [2.24, 2.45) is 0 Å². The van der Waals surface area contributed by atoms with E-state index in [1.54, 1.807) is 11.3 Å². The highest BCUT2D eigenvalue weighted by molar-refractivity contribution is 7.17. The van der Waals surface area contributed by atoms with Crippen molar-refractivity contribution in [3.05, 3.63) is 89.7 Å². The molecule has 3 heterocycles. The minimum atomic E-state index is 0.784. The zero-order chi connectivity index (χ0) is 21.8. The molecule has 32 heavy (non-hydrogen) atoms. The highest BCUT2D eigenvalue weighted by atomic mass is 32.1. The van der Waals surface area contributed by atoms with E-state index in [9.17, 15) is 0 Å². The van der Waals surface area contributed by atoms with Crippen LogP contribution in [0.5, 0.6) is 0 Å². The maximum Gasteiger partial charge on any atom is 0.218 e. The number of para-hydroxylation sites is 1. The lowest BCUT2D eigenvalue weighted by Gasteiger charge is -2.35. The fourth-order valence-corrected chi connectivity index (χ4v) is 5.02. The molecule has 0 saturated carbocycles. The molecule has 2 aromatic carbocycles. The molecule has 1 aliphatic rings. The van der Waals surface area contributed by atoms with Crippen molar-refractivity contribution in [3.63, 3.8) is 0 Å². The number of nitrogens with one attached hydrogen (secondary N) is 1. The Morgan fingerprint density at radius 2 is 1.50 bits per heavy atom. The third-order valence-electron chi connectivity index (χ3n) is 6.00. The van der Waals surface area contributed by atoms with Gasteiger partial charge in [-0.3, -0.25) is 4.57 Å². The van der Waals surface area contributed by atoms with Crippen LogP contribution >= 0.6 is 11.3 Å². The molecule has 4 aromatic rings. The number of aryl methyl sites for hydroxylation is 1. The van der Waals surface area contributed by atoms with Gasteiger partial charge in [0.1, 0.15) is 0 Å². The maximum atomic E-state index is 4.51. The molecule has 0 atom stereocenters. The molecule has 5 rings (SSSR count). The Labute approximate surface area is 193 Å². The first-order valence-electron chi connectivity index (χ1n) is 11.1. The molecular weight excluding hydrogens is 416 g/mol. The van der Waals surface area contributed by atoms with Gasteiger partial charge in [-0.15, -0.1) is 10.2 Å². The van der Waals surface area contributed by atoms with Gasteiger partial charge in [0.25, 0.3) is 0 Å². The van der Waals surface area contributed by atoms with Crippen molar-refractivity contribution in [2.75, 3.05) is 36.0 Å². The van der Waals surface area contributed by atoms with Gasteiger partial charge in [-0.25, -0.2) is 0 Å². The topological polar surface area (TPSA) is 49.2 Å². The van der Waals surface area contributed by atoms with E-state index in [2.05, 4.69) is 110 Å². The average molecular weight is 445 g/mol. The van der Waals surface area contributed by atoms with Crippen LogP contribution in [0.25, 0.3) is 5.13 Å². The monoisotopic (exact) mass is 444 g/mol. The second-order valence-electron chi connectivity index (χ2n) is 8.08. The molecule has 0 spiro atoms. The summed E-state index contributed by atoms with van der Waals surface area (Å²) in [6.45, 7) is 7.70. The zero-order valence-corrected chi connectivity index (χ0v) is 19.1. The molecule has 164 valence electrons. The Bertz CT molecular complexity index is 1140. The fourth-order valence-electron chi connectivity index (χ4n) is 4.11. The largest absolute Gasteiger partial charge is 0.368 e. The lowest BCUT2D eigenvalue weighted by atomic mass is 10.1. The van der Waals surface area contributed by atoms with Crippen LogP contribution in [0.1, 0.15) is 16.8 Å². The smallest absolute Gasteiger partial charge is 0.218 e. The Hall–Kier alpha value is -3.16. The molecule has 1 N–H and O–H groups in total. The van der Waals surface area contributed by atoms with Gasteiger partial charge in [0.15, 0.2) is 0 Å². The van der Waals surface area contributed by atoms with Gasteiger partial charge in [-0.1, -0.05) is 53.8 Å². The molecule has 1 saturated heterocycles. The van der Waals surface area contributed by atoms with Crippen LogP contribution in [0.4, 0.5) is 10.8 Å². The number of piperazine rings is 1. The fraction of sp³-hybridized carbons (Fsp3) is 0.280. The molecule has 0 aliphatic carbocycles. The van der Waals surface area contributed by atoms with E-state index in [4.69, 9.17) is 0 Å². The maximum absolute atomic E-state index is 4.51. The van der Waals surface area contributed by atoms with E-state index in [1.165, 1.54) is 22.5 Å². The van der Waals surface area contributed by atoms with Gasteiger partial charge in [0.05, 0.1) is 0 Å². The Morgan fingerprint density at radius 3 is 2.31 bits per heavy atom. The molecule has 2 aromatic heterocycles. The molecule has 0 radical (unpaired) electrons. The molecular formula is C25H28N6S. The average Bonchev–Trinajstić information content (AvgIpc) is 3.51. The van der Waals surface area contributed by atoms with Crippen molar-refractivity contribution in [3.8, 4) is 5.13 Å². The van der Waals surface area contributed by atoms with Crippen molar-refractivity contribution in [1.29, 1.82) is 0 Å². The molecule has 0 unspecified atom stereocenters. The number of hydrogen-bond acceptors (Lipinski definition) is 6. The summed E-state index contributed by atoms with van der Waals surface area (Å²) >= 11 is 1.66. The van der Waals surface area contributed by atoms with E-state index < -0.39 is 0 Å². The first-order valence-corrected chi connectivity index (χ1v) is 11.9. The number of nitrogens with zero attached hydrogens (tertiary/aromatic N) is 5. The normalized spacial score (nSPS) is 14.2. The van der Waals surface area contributed by atoms with Crippen molar-refractivity contribution < 1.29 is 0 Å². The summed E-state index contributed by atoms with van der Waals surface area (Å²) in [5.41, 5.74) is 5.13. The Morgan fingerprint density at radius 1 is 0.781 bits per heavy atom. The van der Waals surface area contributed by atoms with E-state index in [1.807, 2.05) is 0 Å². The summed E-state index contributed by atoms with van der Waals surface area (Å²) < 4.78 is 2.15. The Kier molecular flexibility index (Phi) is 6.18. The lowest BCUT2D eigenvalue weighted by Crippen LogP contribution is -2.46. The van der Waals surface area contributed by atoms with Crippen LogP contribution in [0.15, 0.2) is 72.9 Å². The van der Waals surface area contributed by atoms with E-state index in [-0.39, 0.29) is 0 Å². The van der Waals surface area contributed by atoms with Crippen LogP contribution in [-0.4, -0.2) is 40.9 Å². The van der Waals surface area contributed by atoms with E-state index in [0.29, 0.717) is 0 Å². The van der Waals surface area contributed by atoms with Crippen molar-refractivity contribution in [1.82, 2.24) is 20.1 Å². The standard InChI is InChI=1S/C25H28N6S/c1-20-8-5-6-9-21(20)18-26-19-23-12-7-13-31(23)25-28-27-24(32-25)30-16-14-29(15-17-30)22-10-3-2-4-11-22/h2-13,26H,14-19H2,1H3. The van der Waals surface area contributed by atoms with Crippen molar-refractivity contribution in [2.45, 2.75) is 20.0 Å². The van der Waals surface area contributed by atoms with Gasteiger partial charge in [0, 0.05) is 56.8 Å². The molecule has 1 aliphatic heterocycles. The van der Waals surface area contributed by atoms with Gasteiger partial charge in [-0.05, 0) is 42.3 Å². The van der Waals surface area contributed by atoms with E-state index >= 15 is 0 Å². The van der Waals surface area contributed by atoms with Crippen LogP contribution in [0.3, 0.4) is 0 Å². The molecule has 6 nitrogen and oxygen atoms in total. The highest BCUT2D eigenvalue weighted by Crippen LogP contribution is 2.26. The third kappa shape index (κ3) is 4.54. The first-order chi connectivity index (χ1) is 15.8. The van der Waals surface area contributed by atoms with Gasteiger partial charge >= 0.3 is 0 Å². The predicted octanol–water partition coefficient (Wildman–Crippen LogP) is 4.25. The summed E-state index contributed by atoms with van der Waals surface area (Å²) in [4.78, 5) is 4.78. The minimum Gasteiger partial charge on any atom is -0.368 e. The number of benzene rings is 2. The van der Waals surface area contributed by atoms with Crippen LogP contribution in [0, 0.1) is 6.92 Å². The second-order valence-corrected chi connectivity index (χ2v) is 9.01. The van der Waals surface area contributed by atoms with Crippen molar-refractivity contribution >= 4 is 22.2 Å². The van der Waals surface area contributed by atoms with E-state index in [0.717, 1.165) is 49.5 Å². The quantitative estimate of drug-likeness (QED) is 0.462. The molecule has 1 fully saturated rings. The third-order valence-corrected chi connectivity index (χ3v) is 6.98. The molecule has 0 amide bonds. The lowest BCUT2D eigenvalue weighted by molar-refractivity contribution is 0.649. The zero-order valence-electron chi connectivity index (χ0n) is 18.3. The van der Waals surface area contributed by atoms with Gasteiger partial charge in [0.2, 0.25) is 10.3 Å². The first kappa shape index (κ1) is 20.7.